The van der Waals surface area contributed by atoms with E-state index in [0.717, 1.165) is 19.4 Å². The molecule has 1 heterocycles. The number of rotatable bonds is 2. The summed E-state index contributed by atoms with van der Waals surface area (Å²) in [5.41, 5.74) is 2.90. The molecule has 1 rings (SSSR count). The molecule has 1 nitrogen and oxygen atoms in total. The monoisotopic (exact) mass is 138 g/mol. The van der Waals surface area contributed by atoms with Crippen molar-refractivity contribution in [2.75, 3.05) is 6.61 Å². The van der Waals surface area contributed by atoms with Crippen molar-refractivity contribution < 1.29 is 4.74 Å². The van der Waals surface area contributed by atoms with E-state index in [1.807, 2.05) is 0 Å². The van der Waals surface area contributed by atoms with Crippen molar-refractivity contribution in [3.8, 4) is 0 Å². The highest BCUT2D eigenvalue weighted by Gasteiger charge is 2.03. The molecule has 10 heavy (non-hydrogen) atoms. The first-order valence-electron chi connectivity index (χ1n) is 3.87. The van der Waals surface area contributed by atoms with Crippen molar-refractivity contribution in [1.82, 2.24) is 0 Å². The Morgan fingerprint density at radius 1 is 1.40 bits per heavy atom. The van der Waals surface area contributed by atoms with E-state index in [4.69, 9.17) is 4.74 Å². The summed E-state index contributed by atoms with van der Waals surface area (Å²) in [7, 11) is 0. The van der Waals surface area contributed by atoms with E-state index >= 15 is 0 Å². The molecule has 1 aliphatic heterocycles. The molecular weight excluding hydrogens is 124 g/mol. The maximum Gasteiger partial charge on any atom is 0.109 e. The van der Waals surface area contributed by atoms with Crippen LogP contribution in [0.1, 0.15) is 26.7 Å². The molecule has 0 aromatic rings. The highest BCUT2D eigenvalue weighted by molar-refractivity contribution is 5.27. The van der Waals surface area contributed by atoms with Gasteiger partial charge in [-0.15, -0.1) is 0 Å². The van der Waals surface area contributed by atoms with Crippen molar-refractivity contribution in [2.24, 2.45) is 0 Å². The number of hydrogen-bond acceptors (Lipinski definition) is 1. The van der Waals surface area contributed by atoms with Crippen LogP contribution in [0.15, 0.2) is 23.5 Å². The summed E-state index contributed by atoms with van der Waals surface area (Å²) in [6, 6.07) is 0. The van der Waals surface area contributed by atoms with Gasteiger partial charge in [0.1, 0.15) is 6.61 Å². The average molecular weight is 138 g/mol. The van der Waals surface area contributed by atoms with Gasteiger partial charge in [-0.25, -0.2) is 0 Å². The predicted molar refractivity (Wildman–Crippen MR) is 42.7 cm³/mol. The third-order valence-corrected chi connectivity index (χ3v) is 1.88. The average Bonchev–Trinajstić information content (AvgIpc) is 2.04. The number of hydrogen-bond donors (Lipinski definition) is 0. The van der Waals surface area contributed by atoms with Crippen LogP contribution in [-0.4, -0.2) is 6.61 Å². The molecule has 0 atom stereocenters. The van der Waals surface area contributed by atoms with Crippen LogP contribution in [0, 0.1) is 0 Å². The molecule has 0 amide bonds. The lowest BCUT2D eigenvalue weighted by molar-refractivity contribution is 0.270. The van der Waals surface area contributed by atoms with Crippen molar-refractivity contribution in [3.63, 3.8) is 0 Å². The Morgan fingerprint density at radius 3 is 2.70 bits per heavy atom. The molecule has 0 bridgehead atoms. The summed E-state index contributed by atoms with van der Waals surface area (Å²) >= 11 is 0. The van der Waals surface area contributed by atoms with Crippen molar-refractivity contribution in [1.29, 1.82) is 0 Å². The van der Waals surface area contributed by atoms with Crippen LogP contribution in [-0.2, 0) is 4.74 Å². The Labute approximate surface area is 62.4 Å². The van der Waals surface area contributed by atoms with E-state index in [0.29, 0.717) is 0 Å². The van der Waals surface area contributed by atoms with Crippen LogP contribution in [0.4, 0.5) is 0 Å². The second kappa shape index (κ2) is 3.45. The Morgan fingerprint density at radius 2 is 2.20 bits per heavy atom. The van der Waals surface area contributed by atoms with Crippen molar-refractivity contribution in [3.05, 3.63) is 23.5 Å². The highest BCUT2D eigenvalue weighted by atomic mass is 16.5. The zero-order chi connectivity index (χ0) is 7.40. The molecule has 0 aromatic heterocycles. The van der Waals surface area contributed by atoms with Gasteiger partial charge in [0.15, 0.2) is 0 Å². The van der Waals surface area contributed by atoms with Crippen LogP contribution in [0.2, 0.25) is 0 Å². The first-order chi connectivity index (χ1) is 4.88. The zero-order valence-corrected chi connectivity index (χ0v) is 6.68. The SMILES string of the molecule is CCC1=C(CC)COC=C1. The highest BCUT2D eigenvalue weighted by Crippen LogP contribution is 2.17. The maximum atomic E-state index is 5.17. The summed E-state index contributed by atoms with van der Waals surface area (Å²) in [4.78, 5) is 0. The second-order valence-corrected chi connectivity index (χ2v) is 2.45. The van der Waals surface area contributed by atoms with E-state index < -0.39 is 0 Å². The summed E-state index contributed by atoms with van der Waals surface area (Å²) in [6.07, 6.45) is 6.11. The third-order valence-electron chi connectivity index (χ3n) is 1.88. The van der Waals surface area contributed by atoms with Gasteiger partial charge < -0.3 is 4.74 Å². The lowest BCUT2D eigenvalue weighted by Crippen LogP contribution is -2.00. The molecule has 0 spiro atoms. The largest absolute Gasteiger partial charge is 0.497 e. The van der Waals surface area contributed by atoms with E-state index in [-0.39, 0.29) is 0 Å². The fourth-order valence-electron chi connectivity index (χ4n) is 1.19. The minimum atomic E-state index is 0.802. The minimum absolute atomic E-state index is 0.802. The minimum Gasteiger partial charge on any atom is -0.497 e. The molecular formula is C9H14O. The Balaban J connectivity index is 2.73. The van der Waals surface area contributed by atoms with Crippen LogP contribution < -0.4 is 0 Å². The number of ether oxygens (including phenoxy) is 1. The summed E-state index contributed by atoms with van der Waals surface area (Å²) in [5.74, 6) is 0. The second-order valence-electron chi connectivity index (χ2n) is 2.45. The van der Waals surface area contributed by atoms with E-state index in [1.54, 1.807) is 6.26 Å². The van der Waals surface area contributed by atoms with Gasteiger partial charge in [-0.1, -0.05) is 13.8 Å². The topological polar surface area (TPSA) is 9.23 Å². The molecule has 0 saturated heterocycles. The first-order valence-corrected chi connectivity index (χ1v) is 3.87. The van der Waals surface area contributed by atoms with Gasteiger partial charge in [0.25, 0.3) is 0 Å². The van der Waals surface area contributed by atoms with Gasteiger partial charge in [0, 0.05) is 0 Å². The van der Waals surface area contributed by atoms with Gasteiger partial charge in [-0.3, -0.25) is 0 Å². The smallest absolute Gasteiger partial charge is 0.109 e. The lowest BCUT2D eigenvalue weighted by Gasteiger charge is -2.13. The summed E-state index contributed by atoms with van der Waals surface area (Å²) < 4.78 is 5.17. The quantitative estimate of drug-likeness (QED) is 0.570. The van der Waals surface area contributed by atoms with Gasteiger partial charge >= 0.3 is 0 Å². The molecule has 0 saturated carbocycles. The lowest BCUT2D eigenvalue weighted by atomic mass is 10.0. The molecule has 0 aliphatic carbocycles. The van der Waals surface area contributed by atoms with E-state index in [1.165, 1.54) is 11.1 Å². The standard InChI is InChI=1S/C9H14O/c1-3-8-5-6-10-7-9(8)4-2/h5-6H,3-4,7H2,1-2H3. The molecule has 1 aliphatic rings. The van der Waals surface area contributed by atoms with Gasteiger partial charge in [-0.05, 0) is 30.1 Å². The molecule has 0 unspecified atom stereocenters. The van der Waals surface area contributed by atoms with E-state index in [9.17, 15) is 0 Å². The van der Waals surface area contributed by atoms with Crippen molar-refractivity contribution in [2.45, 2.75) is 26.7 Å². The summed E-state index contributed by atoms with van der Waals surface area (Å²) in [6.45, 7) is 5.16. The Kier molecular flexibility index (Phi) is 2.55. The molecule has 56 valence electrons. The first kappa shape index (κ1) is 7.39. The Hall–Kier alpha value is -0.720. The van der Waals surface area contributed by atoms with E-state index in [2.05, 4.69) is 19.9 Å². The maximum absolute atomic E-state index is 5.17. The van der Waals surface area contributed by atoms with Crippen LogP contribution in [0.25, 0.3) is 0 Å². The molecule has 1 heteroatoms. The normalized spacial score (nSPS) is 17.4. The van der Waals surface area contributed by atoms with Crippen LogP contribution in [0.5, 0.6) is 0 Å². The van der Waals surface area contributed by atoms with Crippen LogP contribution in [0.3, 0.4) is 0 Å². The fourth-order valence-corrected chi connectivity index (χ4v) is 1.19. The third kappa shape index (κ3) is 1.41. The Bertz CT molecular complexity index is 166. The molecule has 0 radical (unpaired) electrons. The molecule has 0 aromatic carbocycles. The van der Waals surface area contributed by atoms with Crippen molar-refractivity contribution >= 4 is 0 Å². The molecule has 0 fully saturated rings. The molecule has 0 N–H and O–H groups in total. The number of allylic oxidation sites excluding steroid dienone is 2. The van der Waals surface area contributed by atoms with Gasteiger partial charge in [0.2, 0.25) is 0 Å². The predicted octanol–water partition coefficient (Wildman–Crippen LogP) is 2.65. The summed E-state index contributed by atoms with van der Waals surface area (Å²) in [5, 5.41) is 0. The fraction of sp³-hybridized carbons (Fsp3) is 0.556. The van der Waals surface area contributed by atoms with Crippen LogP contribution >= 0.6 is 0 Å². The van der Waals surface area contributed by atoms with Gasteiger partial charge in [0.05, 0.1) is 6.26 Å². The van der Waals surface area contributed by atoms with Gasteiger partial charge in [-0.2, -0.15) is 0 Å². The zero-order valence-electron chi connectivity index (χ0n) is 6.68.